The van der Waals surface area contributed by atoms with Gasteiger partial charge in [0.15, 0.2) is 0 Å². The van der Waals surface area contributed by atoms with Gasteiger partial charge in [0.2, 0.25) is 5.91 Å². The lowest BCUT2D eigenvalue weighted by atomic mass is 9.74. The quantitative estimate of drug-likeness (QED) is 0.764. The normalized spacial score (nSPS) is 17.0. The fourth-order valence-electron chi connectivity index (χ4n) is 3.59. The molecule has 148 valence electrons. The lowest BCUT2D eigenvalue weighted by Gasteiger charge is -2.38. The van der Waals surface area contributed by atoms with Gasteiger partial charge in [-0.2, -0.15) is 5.10 Å². The van der Waals surface area contributed by atoms with Gasteiger partial charge in [0.25, 0.3) is 0 Å². The molecule has 8 heteroatoms. The third-order valence-corrected chi connectivity index (χ3v) is 5.43. The first-order valence-electron chi connectivity index (χ1n) is 8.82. The maximum absolute atomic E-state index is 12.8. The third kappa shape index (κ3) is 4.82. The Kier molecular flexibility index (Phi) is 7.68. The van der Waals surface area contributed by atoms with E-state index in [2.05, 4.69) is 21.8 Å². The molecule has 0 bridgehead atoms. The van der Waals surface area contributed by atoms with Gasteiger partial charge in [-0.25, -0.2) is 0 Å². The number of aromatic nitrogens is 2. The van der Waals surface area contributed by atoms with Crippen molar-refractivity contribution in [2.24, 2.45) is 7.05 Å². The average Bonchev–Trinajstić information content (AvgIpc) is 3.08. The summed E-state index contributed by atoms with van der Waals surface area (Å²) in [6.45, 7) is 1.86. The number of nitrogens with zero attached hydrogens (tertiary/aromatic N) is 2. The van der Waals surface area contributed by atoms with E-state index in [9.17, 15) is 4.79 Å². The Morgan fingerprint density at radius 3 is 2.67 bits per heavy atom. The summed E-state index contributed by atoms with van der Waals surface area (Å²) < 4.78 is 7.25. The van der Waals surface area contributed by atoms with E-state index >= 15 is 0 Å². The molecule has 3 rings (SSSR count). The average molecular weight is 413 g/mol. The molecule has 0 radical (unpaired) electrons. The second-order valence-electron chi connectivity index (χ2n) is 6.76. The van der Waals surface area contributed by atoms with Gasteiger partial charge in [-0.05, 0) is 31.5 Å². The first-order chi connectivity index (χ1) is 12.6. The highest BCUT2D eigenvalue weighted by atomic mass is 35.5. The summed E-state index contributed by atoms with van der Waals surface area (Å²) in [5, 5.41) is 11.1. The SMILES string of the molecule is CNC(C(=O)NCC1(c2ccccc2Cl)CCOCC1)c1cnn(C)c1.Cl. The molecule has 1 amide bonds. The number of nitrogens with one attached hydrogen (secondary N) is 2. The summed E-state index contributed by atoms with van der Waals surface area (Å²) in [5.41, 5.74) is 1.71. The largest absolute Gasteiger partial charge is 0.381 e. The molecule has 1 atom stereocenters. The minimum absolute atomic E-state index is 0. The molecule has 0 saturated carbocycles. The van der Waals surface area contributed by atoms with Gasteiger partial charge in [-0.1, -0.05) is 29.8 Å². The van der Waals surface area contributed by atoms with E-state index in [4.69, 9.17) is 16.3 Å². The molecule has 0 aliphatic carbocycles. The highest BCUT2D eigenvalue weighted by Crippen LogP contribution is 2.38. The van der Waals surface area contributed by atoms with Gasteiger partial charge in [-0.3, -0.25) is 9.48 Å². The number of carbonyl (C=O) groups is 1. The van der Waals surface area contributed by atoms with Crippen LogP contribution < -0.4 is 10.6 Å². The summed E-state index contributed by atoms with van der Waals surface area (Å²) in [7, 11) is 3.61. The number of halogens is 2. The van der Waals surface area contributed by atoms with E-state index in [-0.39, 0.29) is 23.7 Å². The Morgan fingerprint density at radius 2 is 2.07 bits per heavy atom. The van der Waals surface area contributed by atoms with Crippen LogP contribution in [0.2, 0.25) is 5.02 Å². The number of likely N-dealkylation sites (N-methyl/N-ethyl adjacent to an activating group) is 1. The van der Waals surface area contributed by atoms with E-state index in [1.165, 1.54) is 0 Å². The van der Waals surface area contributed by atoms with Crippen LogP contribution in [0.3, 0.4) is 0 Å². The van der Waals surface area contributed by atoms with Gasteiger partial charge in [-0.15, -0.1) is 12.4 Å². The minimum Gasteiger partial charge on any atom is -0.381 e. The molecule has 1 aliphatic heterocycles. The van der Waals surface area contributed by atoms with Gasteiger partial charge in [0.05, 0.1) is 6.20 Å². The first kappa shape index (κ1) is 21.7. The zero-order valence-electron chi connectivity index (χ0n) is 15.6. The molecule has 2 N–H and O–H groups in total. The molecule has 1 aromatic heterocycles. The molecular formula is C19H26Cl2N4O2. The highest BCUT2D eigenvalue weighted by molar-refractivity contribution is 6.31. The standard InChI is InChI=1S/C19H25ClN4O2.ClH/c1-21-17(14-11-23-24(2)12-14)18(25)22-13-19(7-9-26-10-8-19)15-5-3-4-6-16(15)20;/h3-6,11-12,17,21H,7-10,13H2,1-2H3,(H,22,25);1H. The molecule has 1 unspecified atom stereocenters. The lowest BCUT2D eigenvalue weighted by Crippen LogP contribution is -2.47. The van der Waals surface area contributed by atoms with Crippen LogP contribution in [0.5, 0.6) is 0 Å². The van der Waals surface area contributed by atoms with Crippen molar-refractivity contribution in [3.05, 3.63) is 52.8 Å². The molecule has 2 heterocycles. The summed E-state index contributed by atoms with van der Waals surface area (Å²) in [5.74, 6) is -0.0709. The third-order valence-electron chi connectivity index (χ3n) is 5.11. The number of ether oxygens (including phenoxy) is 1. The van der Waals surface area contributed by atoms with Crippen LogP contribution in [0.25, 0.3) is 0 Å². The second kappa shape index (κ2) is 9.55. The van der Waals surface area contributed by atoms with Crippen molar-refractivity contribution in [2.75, 3.05) is 26.8 Å². The number of benzene rings is 1. The molecule has 1 fully saturated rings. The van der Waals surface area contributed by atoms with Crippen molar-refractivity contribution in [1.82, 2.24) is 20.4 Å². The van der Waals surface area contributed by atoms with Crippen LogP contribution in [-0.4, -0.2) is 42.5 Å². The fraction of sp³-hybridized carbons (Fsp3) is 0.474. The second-order valence-corrected chi connectivity index (χ2v) is 7.17. The van der Waals surface area contributed by atoms with Crippen LogP contribution >= 0.6 is 24.0 Å². The molecule has 6 nitrogen and oxygen atoms in total. The first-order valence-corrected chi connectivity index (χ1v) is 9.20. The maximum atomic E-state index is 12.8. The topological polar surface area (TPSA) is 68.2 Å². The summed E-state index contributed by atoms with van der Waals surface area (Å²) in [4.78, 5) is 12.8. The summed E-state index contributed by atoms with van der Waals surface area (Å²) in [6, 6.07) is 7.44. The Balaban J connectivity index is 0.00000261. The Hall–Kier alpha value is -1.60. The number of hydrogen-bond acceptors (Lipinski definition) is 4. The van der Waals surface area contributed by atoms with Crippen molar-refractivity contribution in [2.45, 2.75) is 24.3 Å². The predicted octanol–water partition coefficient (Wildman–Crippen LogP) is 2.62. The van der Waals surface area contributed by atoms with Crippen molar-refractivity contribution in [1.29, 1.82) is 0 Å². The van der Waals surface area contributed by atoms with Crippen molar-refractivity contribution >= 4 is 29.9 Å². The fourth-order valence-corrected chi connectivity index (χ4v) is 3.93. The Bertz CT molecular complexity index is 760. The van der Waals surface area contributed by atoms with E-state index in [0.717, 1.165) is 29.0 Å². The van der Waals surface area contributed by atoms with Crippen LogP contribution in [-0.2, 0) is 22.0 Å². The van der Waals surface area contributed by atoms with Gasteiger partial charge < -0.3 is 15.4 Å². The van der Waals surface area contributed by atoms with Crippen LogP contribution in [0, 0.1) is 0 Å². The van der Waals surface area contributed by atoms with Crippen LogP contribution in [0.4, 0.5) is 0 Å². The number of rotatable bonds is 6. The molecule has 1 saturated heterocycles. The van der Waals surface area contributed by atoms with E-state index in [0.29, 0.717) is 19.8 Å². The molecule has 27 heavy (non-hydrogen) atoms. The zero-order valence-corrected chi connectivity index (χ0v) is 17.1. The molecule has 2 aromatic rings. The van der Waals surface area contributed by atoms with Gasteiger partial charge in [0.1, 0.15) is 6.04 Å². The molecular weight excluding hydrogens is 387 g/mol. The summed E-state index contributed by atoms with van der Waals surface area (Å²) in [6.07, 6.45) is 5.21. The van der Waals surface area contributed by atoms with Gasteiger partial charge >= 0.3 is 0 Å². The maximum Gasteiger partial charge on any atom is 0.241 e. The predicted molar refractivity (Wildman–Crippen MR) is 108 cm³/mol. The summed E-state index contributed by atoms with van der Waals surface area (Å²) >= 11 is 6.47. The molecule has 1 aromatic carbocycles. The monoisotopic (exact) mass is 412 g/mol. The lowest BCUT2D eigenvalue weighted by molar-refractivity contribution is -0.123. The number of carbonyl (C=O) groups excluding carboxylic acids is 1. The highest BCUT2D eigenvalue weighted by Gasteiger charge is 2.37. The zero-order chi connectivity index (χ0) is 18.6. The van der Waals surface area contributed by atoms with Gasteiger partial charge in [0, 0.05) is 49.0 Å². The molecule has 1 aliphatic rings. The molecule has 0 spiro atoms. The van der Waals surface area contributed by atoms with Crippen molar-refractivity contribution < 1.29 is 9.53 Å². The minimum atomic E-state index is -0.438. The van der Waals surface area contributed by atoms with Crippen LogP contribution in [0.1, 0.15) is 30.0 Å². The number of hydrogen-bond donors (Lipinski definition) is 2. The number of aryl methyl sites for hydroxylation is 1. The van der Waals surface area contributed by atoms with Crippen molar-refractivity contribution in [3.63, 3.8) is 0 Å². The van der Waals surface area contributed by atoms with Crippen LogP contribution in [0.15, 0.2) is 36.7 Å². The Morgan fingerprint density at radius 1 is 1.37 bits per heavy atom. The van der Waals surface area contributed by atoms with E-state index in [1.807, 2.05) is 31.4 Å². The smallest absolute Gasteiger partial charge is 0.241 e. The van der Waals surface area contributed by atoms with E-state index in [1.54, 1.807) is 17.9 Å². The van der Waals surface area contributed by atoms with E-state index < -0.39 is 6.04 Å². The van der Waals surface area contributed by atoms with Crippen molar-refractivity contribution in [3.8, 4) is 0 Å². The number of amides is 1. The Labute approximate surface area is 171 Å².